The van der Waals surface area contributed by atoms with Crippen molar-refractivity contribution in [1.29, 1.82) is 0 Å². The average Bonchev–Trinajstić information content (AvgIpc) is 2.78. The Balaban J connectivity index is 2.13. The second-order valence-electron chi connectivity index (χ2n) is 5.57. The molecule has 4 nitrogen and oxygen atoms in total. The first-order chi connectivity index (χ1) is 12.1. The normalized spacial score (nSPS) is 11.9. The minimum absolute atomic E-state index is 0.125. The molecule has 3 rings (SSSR count). The van der Waals surface area contributed by atoms with Crippen LogP contribution in [0.5, 0.6) is 5.75 Å². The molecule has 0 fully saturated rings. The fourth-order valence-corrected chi connectivity index (χ4v) is 3.08. The predicted octanol–water partition coefficient (Wildman–Crippen LogP) is 4.90. The second-order valence-corrected chi connectivity index (χ2v) is 5.95. The molecule has 2 N–H and O–H groups in total. The monoisotopic (exact) mass is 387 g/mol. The summed E-state index contributed by atoms with van der Waals surface area (Å²) in [5.41, 5.74) is -1.25. The lowest BCUT2D eigenvalue weighted by molar-refractivity contribution is -0.140. The Bertz CT molecular complexity index is 1030. The Kier molecular flexibility index (Phi) is 4.31. The van der Waals surface area contributed by atoms with Crippen LogP contribution in [0.4, 0.5) is 17.6 Å². The maximum Gasteiger partial charge on any atom is 0.419 e. The molecule has 0 unspecified atom stereocenters. The van der Waals surface area contributed by atoms with Gasteiger partial charge in [-0.1, -0.05) is 17.7 Å². The fraction of sp³-hybridized carbons (Fsp3) is 0.118. The summed E-state index contributed by atoms with van der Waals surface area (Å²) >= 11 is 6.08. The highest BCUT2D eigenvalue weighted by molar-refractivity contribution is 6.38. The number of benzene rings is 2. The number of carboxylic acid groups (broad SMARTS) is 1. The van der Waals surface area contributed by atoms with Crippen molar-refractivity contribution in [3.63, 3.8) is 0 Å². The molecule has 136 valence electrons. The lowest BCUT2D eigenvalue weighted by atomic mass is 10.1. The topological polar surface area (TPSA) is 62.5 Å². The minimum Gasteiger partial charge on any atom is -0.508 e. The fourth-order valence-electron chi connectivity index (χ4n) is 2.74. The van der Waals surface area contributed by atoms with Crippen LogP contribution in [-0.2, 0) is 12.7 Å². The summed E-state index contributed by atoms with van der Waals surface area (Å²) < 4.78 is 53.0. The molecule has 0 aliphatic carbocycles. The zero-order valence-corrected chi connectivity index (χ0v) is 13.6. The first-order valence-electron chi connectivity index (χ1n) is 7.19. The van der Waals surface area contributed by atoms with Crippen LogP contribution in [0, 0.1) is 5.82 Å². The molecule has 9 heteroatoms. The van der Waals surface area contributed by atoms with E-state index in [-0.39, 0.29) is 34.0 Å². The first kappa shape index (κ1) is 18.1. The third-order valence-corrected chi connectivity index (χ3v) is 4.25. The van der Waals surface area contributed by atoms with Crippen molar-refractivity contribution in [2.24, 2.45) is 0 Å². The second kappa shape index (κ2) is 6.21. The number of carboxylic acids is 1. The van der Waals surface area contributed by atoms with Gasteiger partial charge >= 0.3 is 12.1 Å². The van der Waals surface area contributed by atoms with E-state index in [1.807, 2.05) is 0 Å². The van der Waals surface area contributed by atoms with E-state index in [0.29, 0.717) is 17.6 Å². The SMILES string of the molecule is O=C(O)c1c(Cl)c2cc(O)ccc2n1Cc1ccc(C(F)(F)F)c(F)c1. The van der Waals surface area contributed by atoms with Gasteiger partial charge in [-0.15, -0.1) is 0 Å². The smallest absolute Gasteiger partial charge is 0.419 e. The van der Waals surface area contributed by atoms with Crippen LogP contribution in [0.15, 0.2) is 36.4 Å². The summed E-state index contributed by atoms with van der Waals surface area (Å²) in [5, 5.41) is 19.1. The van der Waals surface area contributed by atoms with Gasteiger partial charge in [0.15, 0.2) is 0 Å². The number of rotatable bonds is 3. The molecule has 0 radical (unpaired) electrons. The first-order valence-corrected chi connectivity index (χ1v) is 7.57. The highest BCUT2D eigenvalue weighted by atomic mass is 35.5. The number of fused-ring (bicyclic) bond motifs is 1. The lowest BCUT2D eigenvalue weighted by Gasteiger charge is -2.12. The Morgan fingerprint density at radius 3 is 2.42 bits per heavy atom. The largest absolute Gasteiger partial charge is 0.508 e. The van der Waals surface area contributed by atoms with Crippen LogP contribution in [0.2, 0.25) is 5.02 Å². The maximum absolute atomic E-state index is 13.8. The summed E-state index contributed by atoms with van der Waals surface area (Å²) in [4.78, 5) is 11.5. The third-order valence-electron chi connectivity index (χ3n) is 3.87. The average molecular weight is 388 g/mol. The van der Waals surface area contributed by atoms with Crippen molar-refractivity contribution in [1.82, 2.24) is 4.57 Å². The van der Waals surface area contributed by atoms with Crippen LogP contribution in [-0.4, -0.2) is 20.7 Å². The van der Waals surface area contributed by atoms with E-state index in [0.717, 1.165) is 6.07 Å². The highest BCUT2D eigenvalue weighted by Gasteiger charge is 2.34. The van der Waals surface area contributed by atoms with E-state index >= 15 is 0 Å². The Labute approximate surface area is 148 Å². The molecule has 26 heavy (non-hydrogen) atoms. The molecule has 1 heterocycles. The quantitative estimate of drug-likeness (QED) is 0.628. The van der Waals surface area contributed by atoms with Gasteiger partial charge < -0.3 is 14.8 Å². The number of alkyl halides is 3. The molecule has 0 spiro atoms. The van der Waals surface area contributed by atoms with Gasteiger partial charge in [0.05, 0.1) is 16.1 Å². The van der Waals surface area contributed by atoms with Gasteiger partial charge in [-0.05, 0) is 35.9 Å². The molecule has 1 aromatic heterocycles. The predicted molar refractivity (Wildman–Crippen MR) is 86.1 cm³/mol. The summed E-state index contributed by atoms with van der Waals surface area (Å²) in [6, 6.07) is 6.38. The zero-order chi connectivity index (χ0) is 19.2. The lowest BCUT2D eigenvalue weighted by Crippen LogP contribution is -2.12. The number of aromatic hydroxyl groups is 1. The van der Waals surface area contributed by atoms with E-state index in [9.17, 15) is 32.6 Å². The van der Waals surface area contributed by atoms with E-state index < -0.39 is 23.5 Å². The van der Waals surface area contributed by atoms with E-state index in [2.05, 4.69) is 0 Å². The summed E-state index contributed by atoms with van der Waals surface area (Å²) in [6.07, 6.45) is -4.82. The van der Waals surface area contributed by atoms with Crippen LogP contribution in [0.25, 0.3) is 10.9 Å². The molecule has 0 saturated heterocycles. The number of carbonyl (C=O) groups is 1. The van der Waals surface area contributed by atoms with E-state index in [4.69, 9.17) is 11.6 Å². The number of nitrogens with zero attached hydrogens (tertiary/aromatic N) is 1. The number of phenols is 1. The standard InChI is InChI=1S/C17H10ClF4NO3/c18-14-10-6-9(24)2-4-13(10)23(15(14)16(25)26)7-8-1-3-11(12(19)5-8)17(20,21)22/h1-6,24H,7H2,(H,25,26). The Morgan fingerprint density at radius 1 is 1.15 bits per heavy atom. The number of hydrogen-bond acceptors (Lipinski definition) is 2. The Morgan fingerprint density at radius 2 is 1.85 bits per heavy atom. The van der Waals surface area contributed by atoms with Crippen molar-refractivity contribution in [2.45, 2.75) is 12.7 Å². The Hall–Kier alpha value is -2.74. The van der Waals surface area contributed by atoms with Crippen molar-refractivity contribution in [3.05, 3.63) is 64.1 Å². The maximum atomic E-state index is 13.8. The highest BCUT2D eigenvalue weighted by Crippen LogP contribution is 2.35. The van der Waals surface area contributed by atoms with Crippen molar-refractivity contribution in [2.75, 3.05) is 0 Å². The summed E-state index contributed by atoms with van der Waals surface area (Å²) in [6.45, 7) is -0.218. The number of aromatic carboxylic acids is 1. The van der Waals surface area contributed by atoms with Crippen LogP contribution < -0.4 is 0 Å². The molecule has 0 aliphatic heterocycles. The van der Waals surface area contributed by atoms with Gasteiger partial charge in [0.1, 0.15) is 17.3 Å². The van der Waals surface area contributed by atoms with Gasteiger partial charge in [0.25, 0.3) is 0 Å². The minimum atomic E-state index is -4.82. The van der Waals surface area contributed by atoms with E-state index in [1.54, 1.807) is 0 Å². The molecule has 2 aromatic carbocycles. The molecule has 3 aromatic rings. The zero-order valence-electron chi connectivity index (χ0n) is 12.8. The van der Waals surface area contributed by atoms with Gasteiger partial charge in [-0.25, -0.2) is 9.18 Å². The molecule has 0 bridgehead atoms. The number of hydrogen-bond donors (Lipinski definition) is 2. The molecular weight excluding hydrogens is 378 g/mol. The molecule has 0 aliphatic rings. The van der Waals surface area contributed by atoms with Gasteiger partial charge in [0.2, 0.25) is 0 Å². The van der Waals surface area contributed by atoms with Crippen molar-refractivity contribution in [3.8, 4) is 5.75 Å². The van der Waals surface area contributed by atoms with Gasteiger partial charge in [-0.2, -0.15) is 13.2 Å². The van der Waals surface area contributed by atoms with Crippen LogP contribution in [0.1, 0.15) is 21.6 Å². The van der Waals surface area contributed by atoms with Gasteiger partial charge in [-0.3, -0.25) is 0 Å². The number of phenolic OH excluding ortho intramolecular Hbond substituents is 1. The number of aromatic nitrogens is 1. The molecule has 0 atom stereocenters. The van der Waals surface area contributed by atoms with Crippen LogP contribution >= 0.6 is 11.6 Å². The van der Waals surface area contributed by atoms with Crippen molar-refractivity contribution >= 4 is 28.5 Å². The number of halogens is 5. The summed E-state index contributed by atoms with van der Waals surface area (Å²) in [5.74, 6) is -2.95. The summed E-state index contributed by atoms with van der Waals surface area (Å²) in [7, 11) is 0. The van der Waals surface area contributed by atoms with Crippen molar-refractivity contribution < 1.29 is 32.6 Å². The third kappa shape index (κ3) is 3.08. The molecule has 0 saturated carbocycles. The van der Waals surface area contributed by atoms with Gasteiger partial charge in [0, 0.05) is 11.9 Å². The molecular formula is C17H10ClF4NO3. The molecule has 0 amide bonds. The van der Waals surface area contributed by atoms with Crippen LogP contribution in [0.3, 0.4) is 0 Å². The van der Waals surface area contributed by atoms with E-state index in [1.165, 1.54) is 22.8 Å².